The van der Waals surface area contributed by atoms with Crippen LogP contribution in [0, 0.1) is 6.92 Å². The predicted molar refractivity (Wildman–Crippen MR) is 140 cm³/mol. The van der Waals surface area contributed by atoms with Crippen molar-refractivity contribution in [2.45, 2.75) is 44.4 Å². The van der Waals surface area contributed by atoms with Gasteiger partial charge in [-0.2, -0.15) is 0 Å². The summed E-state index contributed by atoms with van der Waals surface area (Å²) in [6.45, 7) is 8.41. The highest BCUT2D eigenvalue weighted by atomic mass is 32.2. The second kappa shape index (κ2) is 7.88. The number of para-hydroxylation sites is 2. The van der Waals surface area contributed by atoms with E-state index >= 15 is 0 Å². The molecule has 5 heteroatoms. The van der Waals surface area contributed by atoms with Crippen LogP contribution >= 0.6 is 0 Å². The lowest BCUT2D eigenvalue weighted by atomic mass is 9.87. The van der Waals surface area contributed by atoms with Crippen LogP contribution in [0.25, 0.3) is 21.8 Å². The Kier molecular flexibility index (Phi) is 5.21. The fourth-order valence-electron chi connectivity index (χ4n) is 4.88. The standard InChI is InChI=1S/C29H30N2O2S/c1-20-24-10-6-9-13-27(24)31(34(32,33)23-16-14-22(15-17-23)29(2,3)4)28(20)18-21-19-30(5)26-12-8-7-11-25(21)26/h6-17,19H,18H2,1-5H3. The first-order valence-corrected chi connectivity index (χ1v) is 13.0. The molecule has 0 radical (unpaired) electrons. The minimum Gasteiger partial charge on any atom is -0.350 e. The van der Waals surface area contributed by atoms with Gasteiger partial charge in [-0.05, 0) is 53.3 Å². The lowest BCUT2D eigenvalue weighted by Crippen LogP contribution is -2.17. The zero-order chi connectivity index (χ0) is 24.3. The van der Waals surface area contributed by atoms with Crippen molar-refractivity contribution in [3.63, 3.8) is 0 Å². The van der Waals surface area contributed by atoms with Crippen LogP contribution in [-0.4, -0.2) is 17.0 Å². The maximum atomic E-state index is 14.1. The van der Waals surface area contributed by atoms with E-state index in [1.807, 2.05) is 62.5 Å². The number of hydrogen-bond acceptors (Lipinski definition) is 2. The van der Waals surface area contributed by atoms with Gasteiger partial charge in [0.2, 0.25) is 0 Å². The van der Waals surface area contributed by atoms with Gasteiger partial charge in [0.05, 0.1) is 10.4 Å². The lowest BCUT2D eigenvalue weighted by molar-refractivity contribution is 0.582. The Morgan fingerprint density at radius 3 is 2.03 bits per heavy atom. The summed E-state index contributed by atoms with van der Waals surface area (Å²) < 4.78 is 31.8. The zero-order valence-corrected chi connectivity index (χ0v) is 21.1. The molecule has 174 valence electrons. The van der Waals surface area contributed by atoms with Gasteiger partial charge in [-0.1, -0.05) is 69.3 Å². The summed E-state index contributed by atoms with van der Waals surface area (Å²) >= 11 is 0. The maximum absolute atomic E-state index is 14.1. The molecule has 2 heterocycles. The zero-order valence-electron chi connectivity index (χ0n) is 20.3. The third kappa shape index (κ3) is 3.55. The lowest BCUT2D eigenvalue weighted by Gasteiger charge is -2.19. The number of aryl methyl sites for hydroxylation is 2. The van der Waals surface area contributed by atoms with Gasteiger partial charge in [0.15, 0.2) is 0 Å². The molecule has 0 spiro atoms. The molecule has 5 rings (SSSR count). The van der Waals surface area contributed by atoms with Gasteiger partial charge in [-0.3, -0.25) is 0 Å². The Hall–Kier alpha value is -3.31. The second-order valence-corrected chi connectivity index (χ2v) is 11.9. The normalized spacial score (nSPS) is 12.6. The smallest absolute Gasteiger partial charge is 0.268 e. The molecule has 0 aliphatic heterocycles. The van der Waals surface area contributed by atoms with Crippen molar-refractivity contribution in [2.75, 3.05) is 0 Å². The molecule has 0 unspecified atom stereocenters. The third-order valence-corrected chi connectivity index (χ3v) is 8.57. The molecular formula is C29H30N2O2S. The van der Waals surface area contributed by atoms with E-state index in [4.69, 9.17) is 0 Å². The van der Waals surface area contributed by atoms with Crippen molar-refractivity contribution >= 4 is 31.8 Å². The number of rotatable bonds is 4. The summed E-state index contributed by atoms with van der Waals surface area (Å²) in [5.41, 5.74) is 5.84. The van der Waals surface area contributed by atoms with E-state index in [0.29, 0.717) is 11.3 Å². The summed E-state index contributed by atoms with van der Waals surface area (Å²) in [6, 6.07) is 23.4. The first-order valence-electron chi connectivity index (χ1n) is 11.6. The molecule has 0 aliphatic rings. The van der Waals surface area contributed by atoms with Gasteiger partial charge in [0.1, 0.15) is 0 Å². The third-order valence-electron chi connectivity index (χ3n) is 6.80. The molecule has 0 amide bonds. The van der Waals surface area contributed by atoms with Gasteiger partial charge < -0.3 is 4.57 Å². The van der Waals surface area contributed by atoms with Crippen molar-refractivity contribution < 1.29 is 8.42 Å². The topological polar surface area (TPSA) is 44.0 Å². The molecule has 0 aliphatic carbocycles. The Morgan fingerprint density at radius 2 is 1.38 bits per heavy atom. The van der Waals surface area contributed by atoms with Gasteiger partial charge >= 0.3 is 0 Å². The predicted octanol–water partition coefficient (Wildman–Crippen LogP) is 6.57. The largest absolute Gasteiger partial charge is 0.350 e. The first-order chi connectivity index (χ1) is 16.1. The summed E-state index contributed by atoms with van der Waals surface area (Å²) in [4.78, 5) is 0.306. The Labute approximate surface area is 201 Å². The van der Waals surface area contributed by atoms with Crippen LogP contribution in [0.5, 0.6) is 0 Å². The fraction of sp³-hybridized carbons (Fsp3) is 0.241. The monoisotopic (exact) mass is 470 g/mol. The molecule has 0 N–H and O–H groups in total. The molecule has 3 aromatic carbocycles. The summed E-state index contributed by atoms with van der Waals surface area (Å²) in [5, 5.41) is 2.11. The SMILES string of the molecule is Cc1c(Cc2cn(C)c3ccccc23)n(S(=O)(=O)c2ccc(C(C)(C)C)cc2)c2ccccc12. The van der Waals surface area contributed by atoms with Crippen LogP contribution in [0.1, 0.15) is 43.2 Å². The molecule has 5 aromatic rings. The van der Waals surface area contributed by atoms with E-state index in [1.165, 1.54) is 0 Å². The van der Waals surface area contributed by atoms with E-state index in [-0.39, 0.29) is 5.41 Å². The van der Waals surface area contributed by atoms with Crippen molar-refractivity contribution in [1.29, 1.82) is 0 Å². The maximum Gasteiger partial charge on any atom is 0.268 e. The molecule has 0 atom stereocenters. The van der Waals surface area contributed by atoms with Gasteiger partial charge in [-0.25, -0.2) is 12.4 Å². The molecule has 0 saturated heterocycles. The van der Waals surface area contributed by atoms with Crippen LogP contribution in [0.15, 0.2) is 83.9 Å². The van der Waals surface area contributed by atoms with Crippen LogP contribution in [0.3, 0.4) is 0 Å². The van der Waals surface area contributed by atoms with Gasteiger partial charge in [0, 0.05) is 41.6 Å². The minimum absolute atomic E-state index is 0.0431. The van der Waals surface area contributed by atoms with Crippen molar-refractivity contribution in [2.24, 2.45) is 7.05 Å². The van der Waals surface area contributed by atoms with Crippen LogP contribution in [0.4, 0.5) is 0 Å². The second-order valence-electron chi connectivity index (χ2n) is 10.1. The van der Waals surface area contributed by atoms with Crippen molar-refractivity contribution in [1.82, 2.24) is 8.54 Å². The highest BCUT2D eigenvalue weighted by molar-refractivity contribution is 7.90. The molecule has 0 saturated carbocycles. The number of benzene rings is 3. The number of nitrogens with zero attached hydrogens (tertiary/aromatic N) is 2. The molecule has 2 aromatic heterocycles. The Bertz CT molecular complexity index is 1630. The van der Waals surface area contributed by atoms with Gasteiger partial charge in [-0.15, -0.1) is 0 Å². The summed E-state index contributed by atoms with van der Waals surface area (Å²) in [7, 11) is -1.76. The molecule has 0 bridgehead atoms. The molecule has 34 heavy (non-hydrogen) atoms. The average molecular weight is 471 g/mol. The first kappa shape index (κ1) is 22.5. The van der Waals surface area contributed by atoms with E-state index in [0.717, 1.165) is 44.2 Å². The quantitative estimate of drug-likeness (QED) is 0.298. The Morgan fingerprint density at radius 1 is 0.794 bits per heavy atom. The minimum atomic E-state index is -3.79. The molecule has 0 fully saturated rings. The van der Waals surface area contributed by atoms with E-state index in [1.54, 1.807) is 16.1 Å². The number of fused-ring (bicyclic) bond motifs is 2. The molecule has 4 nitrogen and oxygen atoms in total. The number of aromatic nitrogens is 2. The van der Waals surface area contributed by atoms with Crippen LogP contribution in [0.2, 0.25) is 0 Å². The fourth-order valence-corrected chi connectivity index (χ4v) is 6.48. The van der Waals surface area contributed by atoms with Crippen LogP contribution < -0.4 is 0 Å². The van der Waals surface area contributed by atoms with Crippen molar-refractivity contribution in [3.8, 4) is 0 Å². The highest BCUT2D eigenvalue weighted by Gasteiger charge is 2.26. The average Bonchev–Trinajstić information content (AvgIpc) is 3.28. The van der Waals surface area contributed by atoms with E-state index in [2.05, 4.69) is 43.7 Å². The van der Waals surface area contributed by atoms with Crippen LogP contribution in [-0.2, 0) is 28.9 Å². The Balaban J connectivity index is 1.72. The van der Waals surface area contributed by atoms with Crippen molar-refractivity contribution in [3.05, 3.63) is 101 Å². The van der Waals surface area contributed by atoms with E-state index in [9.17, 15) is 8.42 Å². The highest BCUT2D eigenvalue weighted by Crippen LogP contribution is 2.33. The molecular weight excluding hydrogens is 440 g/mol. The van der Waals surface area contributed by atoms with E-state index < -0.39 is 10.0 Å². The van der Waals surface area contributed by atoms with Gasteiger partial charge in [0.25, 0.3) is 10.0 Å². The summed E-state index contributed by atoms with van der Waals surface area (Å²) in [5.74, 6) is 0. The number of hydrogen-bond donors (Lipinski definition) is 0. The summed E-state index contributed by atoms with van der Waals surface area (Å²) in [6.07, 6.45) is 2.64.